The minimum atomic E-state index is 0.592. The number of nitrogens with one attached hydrogen (secondary N) is 2. The number of nitrogens with zero attached hydrogens (tertiary/aromatic N) is 2. The summed E-state index contributed by atoms with van der Waals surface area (Å²) in [6.07, 6.45) is 2.62. The van der Waals surface area contributed by atoms with Crippen LogP contribution in [0.5, 0.6) is 11.5 Å². The summed E-state index contributed by atoms with van der Waals surface area (Å²) >= 11 is 5.34. The topological polar surface area (TPSA) is 60.3 Å². The number of thiocarbonyl (C=S) groups is 1. The third-order valence-electron chi connectivity index (χ3n) is 3.80. The number of hydrogen-bond acceptors (Lipinski definition) is 4. The monoisotopic (exact) mass is 348 g/mol. The number of anilines is 1. The van der Waals surface area contributed by atoms with Crippen LogP contribution in [0.3, 0.4) is 0 Å². The summed E-state index contributed by atoms with van der Waals surface area (Å²) in [4.78, 5) is 0. The molecule has 6 nitrogen and oxygen atoms in total. The second-order valence-electron chi connectivity index (χ2n) is 5.28. The van der Waals surface area contributed by atoms with Crippen LogP contribution in [0.4, 0.5) is 5.69 Å². The highest BCUT2D eigenvalue weighted by Gasteiger charge is 2.07. The Morgan fingerprint density at radius 2 is 2.00 bits per heavy atom. The van der Waals surface area contributed by atoms with Crippen LogP contribution in [-0.2, 0) is 13.0 Å². The number of ether oxygens (including phenoxy) is 2. The number of benzene rings is 1. The lowest BCUT2D eigenvalue weighted by Gasteiger charge is -2.12. The van der Waals surface area contributed by atoms with Gasteiger partial charge in [0.1, 0.15) is 0 Å². The molecule has 0 radical (unpaired) electrons. The van der Waals surface area contributed by atoms with Gasteiger partial charge >= 0.3 is 0 Å². The molecule has 1 aromatic carbocycles. The van der Waals surface area contributed by atoms with Crippen molar-refractivity contribution in [2.45, 2.75) is 26.8 Å². The van der Waals surface area contributed by atoms with Gasteiger partial charge in [-0.3, -0.25) is 4.68 Å². The quantitative estimate of drug-likeness (QED) is 0.751. The third kappa shape index (κ3) is 4.38. The van der Waals surface area contributed by atoms with E-state index < -0.39 is 0 Å². The Labute approximate surface area is 148 Å². The molecule has 24 heavy (non-hydrogen) atoms. The van der Waals surface area contributed by atoms with E-state index in [2.05, 4.69) is 22.7 Å². The third-order valence-corrected chi connectivity index (χ3v) is 4.04. The molecule has 0 aliphatic rings. The average Bonchev–Trinajstić information content (AvgIpc) is 2.94. The highest BCUT2D eigenvalue weighted by atomic mass is 32.1. The summed E-state index contributed by atoms with van der Waals surface area (Å²) < 4.78 is 12.5. The van der Waals surface area contributed by atoms with E-state index in [9.17, 15) is 0 Å². The van der Waals surface area contributed by atoms with E-state index in [0.29, 0.717) is 5.11 Å². The SMILES string of the molecule is CCn1ncc(NC(=S)NCCc2ccc(OC)c(OC)c2)c1C. The summed E-state index contributed by atoms with van der Waals surface area (Å²) in [6.45, 7) is 5.64. The summed E-state index contributed by atoms with van der Waals surface area (Å²) in [5, 5.41) is 11.3. The van der Waals surface area contributed by atoms with Crippen molar-refractivity contribution >= 4 is 23.0 Å². The van der Waals surface area contributed by atoms with Crippen LogP contribution < -0.4 is 20.1 Å². The number of hydrogen-bond donors (Lipinski definition) is 2. The molecule has 0 amide bonds. The van der Waals surface area contributed by atoms with Gasteiger partial charge in [0.15, 0.2) is 16.6 Å². The van der Waals surface area contributed by atoms with E-state index in [1.54, 1.807) is 20.4 Å². The van der Waals surface area contributed by atoms with Gasteiger partial charge in [0.2, 0.25) is 0 Å². The first-order chi connectivity index (χ1) is 11.6. The normalized spacial score (nSPS) is 10.3. The maximum Gasteiger partial charge on any atom is 0.170 e. The minimum absolute atomic E-state index is 0.592. The van der Waals surface area contributed by atoms with Gasteiger partial charge in [-0.2, -0.15) is 5.10 Å². The molecule has 0 bridgehead atoms. The van der Waals surface area contributed by atoms with Crippen LogP contribution in [-0.4, -0.2) is 35.7 Å². The molecule has 0 aliphatic heterocycles. The summed E-state index contributed by atoms with van der Waals surface area (Å²) in [6, 6.07) is 5.91. The Kier molecular flexibility index (Phi) is 6.43. The highest BCUT2D eigenvalue weighted by Crippen LogP contribution is 2.27. The van der Waals surface area contributed by atoms with Gasteiger partial charge in [0, 0.05) is 13.1 Å². The fraction of sp³-hybridized carbons (Fsp3) is 0.412. The molecule has 0 unspecified atom stereocenters. The zero-order valence-electron chi connectivity index (χ0n) is 14.5. The van der Waals surface area contributed by atoms with Crippen molar-refractivity contribution in [3.8, 4) is 11.5 Å². The molecule has 0 saturated heterocycles. The van der Waals surface area contributed by atoms with Crippen molar-refractivity contribution in [2.24, 2.45) is 0 Å². The Morgan fingerprint density at radius 3 is 2.62 bits per heavy atom. The first kappa shape index (κ1) is 18.1. The Morgan fingerprint density at radius 1 is 1.25 bits per heavy atom. The van der Waals surface area contributed by atoms with E-state index in [0.717, 1.165) is 48.0 Å². The van der Waals surface area contributed by atoms with Crippen molar-refractivity contribution in [3.63, 3.8) is 0 Å². The summed E-state index contributed by atoms with van der Waals surface area (Å²) in [5.41, 5.74) is 3.15. The van der Waals surface area contributed by atoms with Crippen molar-refractivity contribution in [3.05, 3.63) is 35.7 Å². The predicted molar refractivity (Wildman–Crippen MR) is 100 cm³/mol. The summed E-state index contributed by atoms with van der Waals surface area (Å²) in [7, 11) is 3.27. The zero-order chi connectivity index (χ0) is 17.5. The number of rotatable bonds is 7. The van der Waals surface area contributed by atoms with Gasteiger partial charge in [-0.25, -0.2) is 0 Å². The maximum atomic E-state index is 5.34. The molecule has 0 spiro atoms. The van der Waals surface area contributed by atoms with Crippen LogP contribution in [0.1, 0.15) is 18.2 Å². The van der Waals surface area contributed by atoms with E-state index in [4.69, 9.17) is 21.7 Å². The lowest BCUT2D eigenvalue weighted by molar-refractivity contribution is 0.354. The van der Waals surface area contributed by atoms with Crippen LogP contribution in [0.15, 0.2) is 24.4 Å². The number of aryl methyl sites for hydroxylation is 1. The fourth-order valence-corrected chi connectivity index (χ4v) is 2.62. The molecule has 0 saturated carbocycles. The molecule has 2 rings (SSSR count). The van der Waals surface area contributed by atoms with Crippen molar-refractivity contribution in [1.29, 1.82) is 0 Å². The average molecular weight is 348 g/mol. The van der Waals surface area contributed by atoms with E-state index >= 15 is 0 Å². The maximum absolute atomic E-state index is 5.34. The molecule has 1 aromatic heterocycles. The van der Waals surface area contributed by atoms with Gasteiger partial charge in [-0.05, 0) is 50.2 Å². The molecule has 0 atom stereocenters. The first-order valence-corrected chi connectivity index (χ1v) is 8.28. The second kappa shape index (κ2) is 8.54. The molecule has 2 N–H and O–H groups in total. The minimum Gasteiger partial charge on any atom is -0.493 e. The van der Waals surface area contributed by atoms with Crippen molar-refractivity contribution in [2.75, 3.05) is 26.1 Å². The molecular formula is C17H24N4O2S. The molecule has 2 aromatic rings. The predicted octanol–water partition coefficient (Wildman–Crippen LogP) is 2.76. The number of methoxy groups -OCH3 is 2. The number of aromatic nitrogens is 2. The molecule has 0 aliphatic carbocycles. The van der Waals surface area contributed by atoms with Gasteiger partial charge in [0.05, 0.1) is 31.8 Å². The van der Waals surface area contributed by atoms with Crippen LogP contribution in [0.25, 0.3) is 0 Å². The van der Waals surface area contributed by atoms with Crippen molar-refractivity contribution < 1.29 is 9.47 Å². The van der Waals surface area contributed by atoms with Crippen LogP contribution >= 0.6 is 12.2 Å². The van der Waals surface area contributed by atoms with Crippen LogP contribution in [0.2, 0.25) is 0 Å². The Bertz CT molecular complexity index is 700. The second-order valence-corrected chi connectivity index (χ2v) is 5.69. The van der Waals surface area contributed by atoms with Gasteiger partial charge < -0.3 is 20.1 Å². The van der Waals surface area contributed by atoms with E-state index in [1.807, 2.05) is 29.8 Å². The molecule has 0 fully saturated rings. The largest absolute Gasteiger partial charge is 0.493 e. The lowest BCUT2D eigenvalue weighted by atomic mass is 10.1. The standard InChI is InChI=1S/C17H24N4O2S/c1-5-21-12(2)14(11-19-21)20-17(24)18-9-8-13-6-7-15(22-3)16(10-13)23-4/h6-7,10-11H,5,8-9H2,1-4H3,(H2,18,20,24). The fourth-order valence-electron chi connectivity index (χ4n) is 2.41. The van der Waals surface area contributed by atoms with Gasteiger partial charge in [0.25, 0.3) is 0 Å². The van der Waals surface area contributed by atoms with Crippen LogP contribution in [0, 0.1) is 6.92 Å². The Balaban J connectivity index is 1.85. The van der Waals surface area contributed by atoms with Crippen molar-refractivity contribution in [1.82, 2.24) is 15.1 Å². The Hall–Kier alpha value is -2.28. The molecule has 1 heterocycles. The smallest absolute Gasteiger partial charge is 0.170 e. The summed E-state index contributed by atoms with van der Waals surface area (Å²) in [5.74, 6) is 1.47. The van der Waals surface area contributed by atoms with Gasteiger partial charge in [-0.15, -0.1) is 0 Å². The zero-order valence-corrected chi connectivity index (χ0v) is 15.4. The first-order valence-electron chi connectivity index (χ1n) is 7.87. The lowest BCUT2D eigenvalue weighted by Crippen LogP contribution is -2.30. The van der Waals surface area contributed by atoms with E-state index in [-0.39, 0.29) is 0 Å². The molecule has 130 valence electrons. The highest BCUT2D eigenvalue weighted by molar-refractivity contribution is 7.80. The van der Waals surface area contributed by atoms with Gasteiger partial charge in [-0.1, -0.05) is 6.07 Å². The molecule has 7 heteroatoms. The molecular weight excluding hydrogens is 324 g/mol. The van der Waals surface area contributed by atoms with E-state index in [1.165, 1.54) is 0 Å².